The Bertz CT molecular complexity index is 797. The quantitative estimate of drug-likeness (QED) is 0.812. The van der Waals surface area contributed by atoms with Crippen LogP contribution in [-0.2, 0) is 4.74 Å². The molecule has 2 aromatic rings. The number of alkyl halides is 3. The lowest BCUT2D eigenvalue weighted by atomic mass is 10.1. The molecular formula is C16H14F3NO4S. The topological polar surface area (TPSA) is 64.6 Å². The number of amides is 1. The molecule has 25 heavy (non-hydrogen) atoms. The lowest BCUT2D eigenvalue weighted by molar-refractivity contribution is -0.274. The summed E-state index contributed by atoms with van der Waals surface area (Å²) in [5, 5.41) is 2.91. The summed E-state index contributed by atoms with van der Waals surface area (Å²) in [5.41, 5.74) is 1.07. The van der Waals surface area contributed by atoms with Gasteiger partial charge in [-0.05, 0) is 43.7 Å². The summed E-state index contributed by atoms with van der Waals surface area (Å²) in [7, 11) is 1.24. The monoisotopic (exact) mass is 373 g/mol. The molecule has 9 heteroatoms. The van der Waals surface area contributed by atoms with E-state index in [0.717, 1.165) is 17.0 Å². The zero-order valence-electron chi connectivity index (χ0n) is 13.5. The Balaban J connectivity index is 2.20. The molecule has 0 atom stereocenters. The second-order valence-electron chi connectivity index (χ2n) is 5.01. The van der Waals surface area contributed by atoms with E-state index in [1.54, 1.807) is 13.8 Å². The van der Waals surface area contributed by atoms with E-state index in [9.17, 15) is 22.8 Å². The van der Waals surface area contributed by atoms with Gasteiger partial charge in [0.1, 0.15) is 10.8 Å². The number of hydrogen-bond acceptors (Lipinski definition) is 5. The maximum absolute atomic E-state index is 12.3. The van der Waals surface area contributed by atoms with Crippen molar-refractivity contribution in [2.75, 3.05) is 12.4 Å². The number of methoxy groups -OCH3 is 1. The average Bonchev–Trinajstić information content (AvgIpc) is 2.80. The Labute approximate surface area is 145 Å². The van der Waals surface area contributed by atoms with Crippen LogP contribution in [0.4, 0.5) is 18.2 Å². The van der Waals surface area contributed by atoms with Gasteiger partial charge in [0.25, 0.3) is 5.91 Å². The minimum atomic E-state index is -4.80. The molecule has 5 nitrogen and oxygen atoms in total. The van der Waals surface area contributed by atoms with Gasteiger partial charge in [-0.3, -0.25) is 4.79 Å². The number of aryl methyl sites for hydroxylation is 1. The molecule has 0 unspecified atom stereocenters. The Morgan fingerprint density at radius 3 is 2.24 bits per heavy atom. The molecule has 1 heterocycles. The first-order chi connectivity index (χ1) is 11.6. The number of thiophene rings is 1. The normalized spacial score (nSPS) is 11.1. The SMILES string of the molecule is COC(=O)c1c(NC(=O)c2ccc(OC(F)(F)F)cc2)sc(C)c1C. The second-order valence-corrected chi connectivity index (χ2v) is 6.23. The highest BCUT2D eigenvalue weighted by molar-refractivity contribution is 7.16. The van der Waals surface area contributed by atoms with Gasteiger partial charge in [0.05, 0.1) is 12.7 Å². The minimum absolute atomic E-state index is 0.119. The first-order valence-corrected chi connectivity index (χ1v) is 7.79. The Morgan fingerprint density at radius 1 is 1.12 bits per heavy atom. The van der Waals surface area contributed by atoms with Crippen LogP contribution in [0.3, 0.4) is 0 Å². The fourth-order valence-electron chi connectivity index (χ4n) is 2.05. The molecule has 1 aromatic carbocycles. The summed E-state index contributed by atoms with van der Waals surface area (Å²) in [5.74, 6) is -1.57. The maximum atomic E-state index is 12.3. The first kappa shape index (κ1) is 18.8. The summed E-state index contributed by atoms with van der Waals surface area (Å²) >= 11 is 1.21. The van der Waals surface area contributed by atoms with E-state index in [1.807, 2.05) is 0 Å². The predicted octanol–water partition coefficient (Wildman–Crippen LogP) is 4.30. The van der Waals surface area contributed by atoms with Crippen LogP contribution in [0.2, 0.25) is 0 Å². The number of benzene rings is 1. The number of hydrogen-bond donors (Lipinski definition) is 1. The van der Waals surface area contributed by atoms with Crippen molar-refractivity contribution in [1.82, 2.24) is 0 Å². The smallest absolute Gasteiger partial charge is 0.465 e. The molecule has 0 radical (unpaired) electrons. The number of rotatable bonds is 4. The molecule has 1 amide bonds. The lowest BCUT2D eigenvalue weighted by Gasteiger charge is -2.09. The molecular weight excluding hydrogens is 359 g/mol. The summed E-state index contributed by atoms with van der Waals surface area (Å²) in [6.07, 6.45) is -4.80. The molecule has 0 aliphatic heterocycles. The van der Waals surface area contributed by atoms with Crippen LogP contribution in [0.25, 0.3) is 0 Å². The van der Waals surface area contributed by atoms with Gasteiger partial charge < -0.3 is 14.8 Å². The lowest BCUT2D eigenvalue weighted by Crippen LogP contribution is -2.17. The van der Waals surface area contributed by atoms with Crippen LogP contribution in [-0.4, -0.2) is 25.3 Å². The van der Waals surface area contributed by atoms with Crippen LogP contribution in [0.15, 0.2) is 24.3 Å². The minimum Gasteiger partial charge on any atom is -0.465 e. The van der Waals surface area contributed by atoms with Gasteiger partial charge in [0.15, 0.2) is 0 Å². The number of halogens is 3. The molecule has 0 saturated heterocycles. The van der Waals surface area contributed by atoms with Crippen molar-refractivity contribution in [1.29, 1.82) is 0 Å². The zero-order chi connectivity index (χ0) is 18.8. The molecule has 1 N–H and O–H groups in total. The average molecular weight is 373 g/mol. The van der Waals surface area contributed by atoms with Crippen molar-refractivity contribution in [3.8, 4) is 5.75 Å². The molecule has 0 fully saturated rings. The summed E-state index contributed by atoms with van der Waals surface area (Å²) in [6.45, 7) is 3.53. The highest BCUT2D eigenvalue weighted by atomic mass is 32.1. The van der Waals surface area contributed by atoms with Gasteiger partial charge in [-0.15, -0.1) is 24.5 Å². The van der Waals surface area contributed by atoms with E-state index < -0.39 is 24.0 Å². The van der Waals surface area contributed by atoms with Crippen LogP contribution in [0.1, 0.15) is 31.2 Å². The summed E-state index contributed by atoms with van der Waals surface area (Å²) in [4.78, 5) is 25.0. The maximum Gasteiger partial charge on any atom is 0.573 e. The second kappa shape index (κ2) is 7.14. The van der Waals surface area contributed by atoms with Gasteiger partial charge >= 0.3 is 12.3 Å². The molecule has 0 aliphatic rings. The van der Waals surface area contributed by atoms with Crippen LogP contribution in [0, 0.1) is 13.8 Å². The van der Waals surface area contributed by atoms with Crippen LogP contribution >= 0.6 is 11.3 Å². The van der Waals surface area contributed by atoms with Crippen LogP contribution in [0.5, 0.6) is 5.75 Å². The van der Waals surface area contributed by atoms with E-state index in [-0.39, 0.29) is 11.1 Å². The third kappa shape index (κ3) is 4.50. The van der Waals surface area contributed by atoms with Crippen molar-refractivity contribution < 1.29 is 32.2 Å². The van der Waals surface area contributed by atoms with E-state index in [0.29, 0.717) is 10.6 Å². The van der Waals surface area contributed by atoms with Gasteiger partial charge in [-0.1, -0.05) is 0 Å². The van der Waals surface area contributed by atoms with Gasteiger partial charge in [0.2, 0.25) is 0 Å². The predicted molar refractivity (Wildman–Crippen MR) is 86.2 cm³/mol. The molecule has 1 aromatic heterocycles. The van der Waals surface area contributed by atoms with Crippen molar-refractivity contribution in [2.24, 2.45) is 0 Å². The number of carbonyl (C=O) groups excluding carboxylic acids is 2. The third-order valence-corrected chi connectivity index (χ3v) is 4.47. The Kier molecular flexibility index (Phi) is 5.36. The summed E-state index contributed by atoms with van der Waals surface area (Å²) < 4.78 is 44.9. The van der Waals surface area contributed by atoms with Crippen LogP contribution < -0.4 is 10.1 Å². The third-order valence-electron chi connectivity index (χ3n) is 3.35. The van der Waals surface area contributed by atoms with Gasteiger partial charge in [-0.2, -0.15) is 0 Å². The van der Waals surface area contributed by atoms with Crippen molar-refractivity contribution >= 4 is 28.2 Å². The number of carbonyl (C=O) groups is 2. The van der Waals surface area contributed by atoms with E-state index in [4.69, 9.17) is 4.74 Å². The van der Waals surface area contributed by atoms with E-state index in [1.165, 1.54) is 30.6 Å². The standard InChI is InChI=1S/C16H14F3NO4S/c1-8-9(2)25-14(12(8)15(22)23-3)20-13(21)10-4-6-11(7-5-10)24-16(17,18)19/h4-7H,1-3H3,(H,20,21). The van der Waals surface area contributed by atoms with Gasteiger partial charge in [0, 0.05) is 10.4 Å². The highest BCUT2D eigenvalue weighted by Gasteiger charge is 2.31. The fraction of sp³-hybridized carbons (Fsp3) is 0.250. The zero-order valence-corrected chi connectivity index (χ0v) is 14.3. The summed E-state index contributed by atoms with van der Waals surface area (Å²) in [6, 6.07) is 4.46. The highest BCUT2D eigenvalue weighted by Crippen LogP contribution is 2.33. The number of anilines is 1. The van der Waals surface area contributed by atoms with Crippen molar-refractivity contribution in [2.45, 2.75) is 20.2 Å². The molecule has 0 aliphatic carbocycles. The number of nitrogens with one attached hydrogen (secondary N) is 1. The van der Waals surface area contributed by atoms with Gasteiger partial charge in [-0.25, -0.2) is 4.79 Å². The van der Waals surface area contributed by atoms with E-state index >= 15 is 0 Å². The molecule has 0 spiro atoms. The van der Waals surface area contributed by atoms with Crippen molar-refractivity contribution in [3.63, 3.8) is 0 Å². The number of esters is 1. The molecule has 0 bridgehead atoms. The Morgan fingerprint density at radius 2 is 1.72 bits per heavy atom. The molecule has 134 valence electrons. The first-order valence-electron chi connectivity index (χ1n) is 6.98. The fourth-order valence-corrected chi connectivity index (χ4v) is 3.09. The largest absolute Gasteiger partial charge is 0.573 e. The Hall–Kier alpha value is -2.55. The number of ether oxygens (including phenoxy) is 2. The molecule has 0 saturated carbocycles. The van der Waals surface area contributed by atoms with Crippen molar-refractivity contribution in [3.05, 3.63) is 45.8 Å². The molecule has 2 rings (SSSR count). The van der Waals surface area contributed by atoms with E-state index in [2.05, 4.69) is 10.1 Å².